The molecule has 0 aliphatic rings. The summed E-state index contributed by atoms with van der Waals surface area (Å²) in [4.78, 5) is 21.1. The Hall–Kier alpha value is -2.30. The summed E-state index contributed by atoms with van der Waals surface area (Å²) >= 11 is 0. The molecule has 0 heterocycles. The molecule has 0 amide bonds. The smallest absolute Gasteiger partial charge is 0.335 e. The van der Waals surface area contributed by atoms with Crippen molar-refractivity contribution in [3.05, 3.63) is 41.7 Å². The minimum atomic E-state index is -1.00. The van der Waals surface area contributed by atoms with E-state index >= 15 is 0 Å². The fourth-order valence-electron chi connectivity index (χ4n) is 1.30. The third-order valence-corrected chi connectivity index (χ3v) is 2.26. The first-order valence-corrected chi connectivity index (χ1v) is 5.41. The van der Waals surface area contributed by atoms with Crippen LogP contribution in [0.3, 0.4) is 0 Å². The number of benzene rings is 1. The van der Waals surface area contributed by atoms with E-state index in [1.165, 1.54) is 24.3 Å². The van der Waals surface area contributed by atoms with Gasteiger partial charge in [0, 0.05) is 6.42 Å². The molecule has 5 nitrogen and oxygen atoms in total. The molecule has 0 unspecified atom stereocenters. The molecule has 96 valence electrons. The highest BCUT2D eigenvalue weighted by Crippen LogP contribution is 2.17. The maximum absolute atomic E-state index is 10.7. The topological polar surface area (TPSA) is 83.8 Å². The zero-order valence-corrected chi connectivity index (χ0v) is 9.92. The van der Waals surface area contributed by atoms with Crippen LogP contribution in [0.1, 0.15) is 30.1 Å². The van der Waals surface area contributed by atoms with E-state index < -0.39 is 11.9 Å². The molecule has 0 aromatic heterocycles. The second-order valence-corrected chi connectivity index (χ2v) is 3.58. The molecule has 0 radical (unpaired) electrons. The lowest BCUT2D eigenvalue weighted by molar-refractivity contribution is -0.137. The van der Waals surface area contributed by atoms with E-state index in [9.17, 15) is 9.59 Å². The second-order valence-electron chi connectivity index (χ2n) is 3.58. The molecule has 2 N–H and O–H groups in total. The molecule has 18 heavy (non-hydrogen) atoms. The number of aromatic carboxylic acids is 1. The monoisotopic (exact) mass is 250 g/mol. The van der Waals surface area contributed by atoms with E-state index in [1.807, 2.05) is 0 Å². The maximum atomic E-state index is 10.7. The maximum Gasteiger partial charge on any atom is 0.335 e. The number of carboxylic acids is 2. The van der Waals surface area contributed by atoms with Crippen molar-refractivity contribution in [1.82, 2.24) is 0 Å². The Morgan fingerprint density at radius 1 is 1.17 bits per heavy atom. The minimum Gasteiger partial charge on any atom is -0.481 e. The standard InChI is InChI=1S/C13H14O5/c1-2-10(7-8-12(14)15)18-11-5-3-9(4-6-11)13(16)17/h2-6H,7-8H2,1H3,(H,14,15)(H,16,17). The summed E-state index contributed by atoms with van der Waals surface area (Å²) in [5.74, 6) is -0.864. The molecule has 0 bridgehead atoms. The van der Waals surface area contributed by atoms with Crippen LogP contribution >= 0.6 is 0 Å². The SMILES string of the molecule is CC=C(CCC(=O)O)Oc1ccc(C(=O)O)cc1. The highest BCUT2D eigenvalue weighted by Gasteiger charge is 2.06. The summed E-state index contributed by atoms with van der Waals surface area (Å²) < 4.78 is 5.45. The van der Waals surface area contributed by atoms with Gasteiger partial charge < -0.3 is 14.9 Å². The van der Waals surface area contributed by atoms with Crippen molar-refractivity contribution in [3.63, 3.8) is 0 Å². The molecule has 1 rings (SSSR count). The van der Waals surface area contributed by atoms with Gasteiger partial charge in [0.1, 0.15) is 11.5 Å². The summed E-state index contributed by atoms with van der Waals surface area (Å²) in [7, 11) is 0. The largest absolute Gasteiger partial charge is 0.481 e. The summed E-state index contributed by atoms with van der Waals surface area (Å²) in [5.41, 5.74) is 0.176. The molecule has 1 aromatic rings. The lowest BCUT2D eigenvalue weighted by atomic mass is 10.2. The highest BCUT2D eigenvalue weighted by atomic mass is 16.5. The molecule has 1 aromatic carbocycles. The first-order valence-electron chi connectivity index (χ1n) is 5.41. The quantitative estimate of drug-likeness (QED) is 0.758. The van der Waals surface area contributed by atoms with Gasteiger partial charge in [0.15, 0.2) is 0 Å². The van der Waals surface area contributed by atoms with Crippen molar-refractivity contribution >= 4 is 11.9 Å². The average Bonchev–Trinajstić information content (AvgIpc) is 2.34. The fourth-order valence-corrected chi connectivity index (χ4v) is 1.30. The van der Waals surface area contributed by atoms with Crippen LogP contribution in [0.15, 0.2) is 36.1 Å². The Labute approximate surface area is 104 Å². The number of hydrogen-bond donors (Lipinski definition) is 2. The van der Waals surface area contributed by atoms with Crippen molar-refractivity contribution < 1.29 is 24.5 Å². The van der Waals surface area contributed by atoms with Crippen LogP contribution in [0.25, 0.3) is 0 Å². The Balaban J connectivity index is 2.65. The molecule has 0 atom stereocenters. The summed E-state index contributed by atoms with van der Waals surface area (Å²) in [5, 5.41) is 17.3. The van der Waals surface area contributed by atoms with E-state index in [0.29, 0.717) is 17.9 Å². The molecular weight excluding hydrogens is 236 g/mol. The lowest BCUT2D eigenvalue weighted by Crippen LogP contribution is -2.01. The second kappa shape index (κ2) is 6.44. The lowest BCUT2D eigenvalue weighted by Gasteiger charge is -2.08. The first-order chi connectivity index (χ1) is 8.52. The van der Waals surface area contributed by atoms with Crippen LogP contribution in [0, 0.1) is 0 Å². The van der Waals surface area contributed by atoms with Crippen molar-refractivity contribution in [1.29, 1.82) is 0 Å². The normalized spacial score (nSPS) is 11.1. The Bertz CT molecular complexity index is 459. The number of aliphatic carboxylic acids is 1. The van der Waals surface area contributed by atoms with Gasteiger partial charge in [-0.1, -0.05) is 0 Å². The third-order valence-electron chi connectivity index (χ3n) is 2.26. The third kappa shape index (κ3) is 4.29. The minimum absolute atomic E-state index is 0.00706. The zero-order chi connectivity index (χ0) is 13.5. The van der Waals surface area contributed by atoms with Gasteiger partial charge in [-0.15, -0.1) is 0 Å². The molecule has 0 aliphatic heterocycles. The van der Waals surface area contributed by atoms with Gasteiger partial charge in [-0.2, -0.15) is 0 Å². The Morgan fingerprint density at radius 3 is 2.22 bits per heavy atom. The molecule has 0 spiro atoms. The van der Waals surface area contributed by atoms with Crippen LogP contribution in [0.4, 0.5) is 0 Å². The van der Waals surface area contributed by atoms with E-state index in [0.717, 1.165) is 0 Å². The van der Waals surface area contributed by atoms with E-state index in [1.54, 1.807) is 13.0 Å². The van der Waals surface area contributed by atoms with Crippen LogP contribution in [-0.4, -0.2) is 22.2 Å². The summed E-state index contributed by atoms with van der Waals surface area (Å²) in [6.45, 7) is 1.75. The van der Waals surface area contributed by atoms with E-state index in [4.69, 9.17) is 14.9 Å². The summed E-state index contributed by atoms with van der Waals surface area (Å²) in [6.07, 6.45) is 1.98. The van der Waals surface area contributed by atoms with Gasteiger partial charge in [-0.05, 0) is 37.3 Å². The Kier molecular flexibility index (Phi) is 4.92. The van der Waals surface area contributed by atoms with Crippen molar-refractivity contribution in [2.45, 2.75) is 19.8 Å². The molecule has 0 aliphatic carbocycles. The van der Waals surface area contributed by atoms with Crippen molar-refractivity contribution in [2.24, 2.45) is 0 Å². The molecule has 0 saturated heterocycles. The fraction of sp³-hybridized carbons (Fsp3) is 0.231. The van der Waals surface area contributed by atoms with Crippen LogP contribution in [0.2, 0.25) is 0 Å². The number of allylic oxidation sites excluding steroid dienone is 2. The first kappa shape index (κ1) is 13.8. The van der Waals surface area contributed by atoms with Gasteiger partial charge in [0.05, 0.1) is 12.0 Å². The predicted octanol–water partition coefficient (Wildman–Crippen LogP) is 2.53. The number of carbonyl (C=O) groups is 2. The average molecular weight is 250 g/mol. The van der Waals surface area contributed by atoms with Crippen LogP contribution in [-0.2, 0) is 4.79 Å². The zero-order valence-electron chi connectivity index (χ0n) is 9.92. The molecule has 0 fully saturated rings. The van der Waals surface area contributed by atoms with E-state index in [2.05, 4.69) is 0 Å². The van der Waals surface area contributed by atoms with Gasteiger partial charge in [-0.3, -0.25) is 4.79 Å². The van der Waals surface area contributed by atoms with Crippen LogP contribution < -0.4 is 4.74 Å². The van der Waals surface area contributed by atoms with Gasteiger partial charge in [0.25, 0.3) is 0 Å². The van der Waals surface area contributed by atoms with Gasteiger partial charge in [0.2, 0.25) is 0 Å². The van der Waals surface area contributed by atoms with E-state index in [-0.39, 0.29) is 12.0 Å². The number of rotatable bonds is 6. The molecular formula is C13H14O5. The highest BCUT2D eigenvalue weighted by molar-refractivity contribution is 5.87. The molecule has 0 saturated carbocycles. The van der Waals surface area contributed by atoms with Crippen LogP contribution in [0.5, 0.6) is 5.75 Å². The van der Waals surface area contributed by atoms with Crippen molar-refractivity contribution in [2.75, 3.05) is 0 Å². The molecule has 5 heteroatoms. The van der Waals surface area contributed by atoms with Crippen molar-refractivity contribution in [3.8, 4) is 5.75 Å². The van der Waals surface area contributed by atoms with Gasteiger partial charge in [-0.25, -0.2) is 4.79 Å². The Morgan fingerprint density at radius 2 is 1.78 bits per heavy atom. The number of carboxylic acid groups (broad SMARTS) is 2. The summed E-state index contributed by atoms with van der Waals surface area (Å²) in [6, 6.07) is 5.94. The van der Waals surface area contributed by atoms with Gasteiger partial charge >= 0.3 is 11.9 Å². The number of hydrogen-bond acceptors (Lipinski definition) is 3. The predicted molar refractivity (Wildman–Crippen MR) is 64.7 cm³/mol. The number of ether oxygens (including phenoxy) is 1.